The highest BCUT2D eigenvalue weighted by Crippen LogP contribution is 1.83. The Bertz CT molecular complexity index is 130. The number of hydrogen-bond acceptors (Lipinski definition) is 2. The predicted octanol–water partition coefficient (Wildman–Crippen LogP) is 0.168. The van der Waals surface area contributed by atoms with Gasteiger partial charge >= 0.3 is 0 Å². The van der Waals surface area contributed by atoms with Crippen LogP contribution in [0, 0.1) is 12.3 Å². The minimum absolute atomic E-state index is 0.181. The van der Waals surface area contributed by atoms with Gasteiger partial charge in [0.25, 0.3) is 0 Å². The molecule has 0 aromatic rings. The normalized spacial score (nSPS) is 7.38. The maximum atomic E-state index is 10.2. The van der Waals surface area contributed by atoms with Gasteiger partial charge in [0, 0.05) is 12.8 Å². The second kappa shape index (κ2) is 4.07. The van der Waals surface area contributed by atoms with Crippen LogP contribution in [-0.4, -0.2) is 12.1 Å². The van der Waals surface area contributed by atoms with Crippen molar-refractivity contribution in [2.24, 2.45) is 0 Å². The lowest BCUT2D eigenvalue weighted by Gasteiger charge is -1.79. The number of terminal acetylenes is 1. The lowest BCUT2D eigenvalue weighted by molar-refractivity contribution is -0.116. The van der Waals surface area contributed by atoms with E-state index in [9.17, 15) is 9.59 Å². The first-order valence-corrected chi connectivity index (χ1v) is 2.24. The molecule has 0 aromatic heterocycles. The van der Waals surface area contributed by atoms with Gasteiger partial charge in [-0.1, -0.05) is 0 Å². The molecule has 0 unspecified atom stereocenters. The van der Waals surface area contributed by atoms with Crippen molar-refractivity contribution in [1.29, 1.82) is 0 Å². The zero-order valence-electron chi connectivity index (χ0n) is 4.39. The zero-order chi connectivity index (χ0) is 6.41. The molecule has 0 bridgehead atoms. The molecule has 0 N–H and O–H groups in total. The fourth-order valence-electron chi connectivity index (χ4n) is 0.262. The van der Waals surface area contributed by atoms with Gasteiger partial charge in [0.15, 0.2) is 0 Å². The number of rotatable bonds is 3. The van der Waals surface area contributed by atoms with E-state index in [1.807, 2.05) is 5.92 Å². The highest BCUT2D eigenvalue weighted by molar-refractivity contribution is 5.95. The molecule has 0 saturated heterocycles. The maximum Gasteiger partial charge on any atom is 0.205 e. The van der Waals surface area contributed by atoms with Crippen LogP contribution in [0.4, 0.5) is 0 Å². The van der Waals surface area contributed by atoms with Crippen LogP contribution in [0.15, 0.2) is 0 Å². The molecule has 2 heteroatoms. The molecule has 0 fully saturated rings. The second-order valence-corrected chi connectivity index (χ2v) is 1.27. The van der Waals surface area contributed by atoms with Crippen molar-refractivity contribution in [3.63, 3.8) is 0 Å². The average molecular weight is 110 g/mol. The summed E-state index contributed by atoms with van der Waals surface area (Å²) in [7, 11) is 0. The number of carbonyl (C=O) groups excluding carboxylic acids is 2. The summed E-state index contributed by atoms with van der Waals surface area (Å²) in [6.45, 7) is 0. The van der Waals surface area contributed by atoms with E-state index in [1.165, 1.54) is 0 Å². The van der Waals surface area contributed by atoms with Crippen LogP contribution in [0.25, 0.3) is 0 Å². The quantitative estimate of drug-likeness (QED) is 0.295. The van der Waals surface area contributed by atoms with Gasteiger partial charge in [-0.2, -0.15) is 0 Å². The van der Waals surface area contributed by atoms with E-state index >= 15 is 0 Å². The number of ketones is 1. The first-order chi connectivity index (χ1) is 3.81. The van der Waals surface area contributed by atoms with Crippen LogP contribution < -0.4 is 0 Å². The number of Topliss-reactive ketones (excluding diaryl/α,β-unsaturated/α-hetero) is 1. The third-order valence-electron chi connectivity index (χ3n) is 0.650. The van der Waals surface area contributed by atoms with Crippen molar-refractivity contribution in [2.45, 2.75) is 12.8 Å². The molecule has 8 heavy (non-hydrogen) atoms. The van der Waals surface area contributed by atoms with Gasteiger partial charge in [-0.25, -0.2) is 0 Å². The molecule has 2 nitrogen and oxygen atoms in total. The first kappa shape index (κ1) is 6.90. The fraction of sp³-hybridized carbons (Fsp3) is 0.333. The van der Waals surface area contributed by atoms with Crippen molar-refractivity contribution in [2.75, 3.05) is 0 Å². The van der Waals surface area contributed by atoms with E-state index in [0.717, 1.165) is 0 Å². The van der Waals surface area contributed by atoms with Crippen LogP contribution in [0.5, 0.6) is 0 Å². The number of carbonyl (C=O) groups is 2. The molecular formula is C6H6O2. The SMILES string of the molecule is C#CC(=O)CCC=O. The summed E-state index contributed by atoms with van der Waals surface area (Å²) >= 11 is 0. The van der Waals surface area contributed by atoms with Gasteiger partial charge in [-0.05, 0) is 5.92 Å². The summed E-state index contributed by atoms with van der Waals surface area (Å²) < 4.78 is 0. The largest absolute Gasteiger partial charge is 0.303 e. The molecule has 0 atom stereocenters. The van der Waals surface area contributed by atoms with Crippen molar-refractivity contribution in [3.8, 4) is 12.3 Å². The summed E-state index contributed by atoms with van der Waals surface area (Å²) in [6.07, 6.45) is 5.79. The lowest BCUT2D eigenvalue weighted by atomic mass is 10.2. The van der Waals surface area contributed by atoms with E-state index in [2.05, 4.69) is 0 Å². The van der Waals surface area contributed by atoms with Crippen LogP contribution in [0.1, 0.15) is 12.8 Å². The molecule has 0 amide bonds. The highest BCUT2D eigenvalue weighted by Gasteiger charge is 1.91. The first-order valence-electron chi connectivity index (χ1n) is 2.24. The molecule has 42 valence electrons. The molecule has 0 aliphatic carbocycles. The van der Waals surface area contributed by atoms with Gasteiger partial charge in [0.05, 0.1) is 0 Å². The molecule has 0 heterocycles. The minimum atomic E-state index is -0.308. The van der Waals surface area contributed by atoms with Crippen LogP contribution in [0.3, 0.4) is 0 Å². The van der Waals surface area contributed by atoms with Crippen molar-refractivity contribution < 1.29 is 9.59 Å². The Morgan fingerprint density at radius 1 is 1.75 bits per heavy atom. The van der Waals surface area contributed by atoms with Crippen molar-refractivity contribution in [3.05, 3.63) is 0 Å². The smallest absolute Gasteiger partial charge is 0.205 e. The second-order valence-electron chi connectivity index (χ2n) is 1.27. The number of hydrogen-bond donors (Lipinski definition) is 0. The summed E-state index contributed by atoms with van der Waals surface area (Å²) in [5, 5.41) is 0. The molecule has 0 spiro atoms. The standard InChI is InChI=1S/C6H6O2/c1-2-6(8)4-3-5-7/h1,5H,3-4H2. The van der Waals surface area contributed by atoms with Crippen LogP contribution in [-0.2, 0) is 9.59 Å². The van der Waals surface area contributed by atoms with Gasteiger partial charge in [0.2, 0.25) is 5.78 Å². The topological polar surface area (TPSA) is 34.1 Å². The molecule has 0 rings (SSSR count). The van der Waals surface area contributed by atoms with E-state index in [0.29, 0.717) is 6.29 Å². The Balaban J connectivity index is 3.29. The zero-order valence-corrected chi connectivity index (χ0v) is 4.39. The Hall–Kier alpha value is -1.10. The molecule has 0 aromatic carbocycles. The van der Waals surface area contributed by atoms with E-state index < -0.39 is 0 Å². The predicted molar refractivity (Wildman–Crippen MR) is 29.1 cm³/mol. The van der Waals surface area contributed by atoms with E-state index in [4.69, 9.17) is 6.42 Å². The van der Waals surface area contributed by atoms with Crippen molar-refractivity contribution >= 4 is 12.1 Å². The Kier molecular flexibility index (Phi) is 3.51. The Morgan fingerprint density at radius 3 is 2.75 bits per heavy atom. The molecule has 0 aliphatic rings. The minimum Gasteiger partial charge on any atom is -0.303 e. The molecular weight excluding hydrogens is 104 g/mol. The average Bonchev–Trinajstić information content (AvgIpc) is 1.83. The van der Waals surface area contributed by atoms with Crippen molar-refractivity contribution in [1.82, 2.24) is 0 Å². The summed E-state index contributed by atoms with van der Waals surface area (Å²) in [6, 6.07) is 0. The van der Waals surface area contributed by atoms with Crippen LogP contribution >= 0.6 is 0 Å². The molecule has 0 aliphatic heterocycles. The monoisotopic (exact) mass is 110 g/mol. The van der Waals surface area contributed by atoms with E-state index in [-0.39, 0.29) is 18.6 Å². The van der Waals surface area contributed by atoms with Gasteiger partial charge in [-0.3, -0.25) is 4.79 Å². The third-order valence-corrected chi connectivity index (χ3v) is 0.650. The maximum absolute atomic E-state index is 10.2. The summed E-state index contributed by atoms with van der Waals surface area (Å²) in [5.74, 6) is 1.59. The molecule has 0 saturated carbocycles. The lowest BCUT2D eigenvalue weighted by Crippen LogP contribution is -1.91. The Labute approximate surface area is 47.9 Å². The van der Waals surface area contributed by atoms with E-state index in [1.54, 1.807) is 0 Å². The molecule has 0 radical (unpaired) electrons. The van der Waals surface area contributed by atoms with Gasteiger partial charge < -0.3 is 4.79 Å². The Morgan fingerprint density at radius 2 is 2.38 bits per heavy atom. The summed E-state index contributed by atoms with van der Waals surface area (Å²) in [4.78, 5) is 19.8. The van der Waals surface area contributed by atoms with Crippen LogP contribution in [0.2, 0.25) is 0 Å². The highest BCUT2D eigenvalue weighted by atomic mass is 16.1. The van der Waals surface area contributed by atoms with Gasteiger partial charge in [0.1, 0.15) is 6.29 Å². The fourth-order valence-corrected chi connectivity index (χ4v) is 0.262. The third kappa shape index (κ3) is 3.10. The number of aldehydes is 1. The summed E-state index contributed by atoms with van der Waals surface area (Å²) in [5.41, 5.74) is 0. The van der Waals surface area contributed by atoms with Gasteiger partial charge in [-0.15, -0.1) is 6.42 Å².